The third kappa shape index (κ3) is 3.39. The van der Waals surface area contributed by atoms with Crippen LogP contribution in [0.3, 0.4) is 0 Å². The summed E-state index contributed by atoms with van der Waals surface area (Å²) in [5.41, 5.74) is 0.478. The Morgan fingerprint density at radius 3 is 2.50 bits per heavy atom. The van der Waals surface area contributed by atoms with Crippen LogP contribution < -0.4 is 4.65 Å². The second kappa shape index (κ2) is 6.22. The molecule has 24 heavy (non-hydrogen) atoms. The Balaban J connectivity index is 1.99. The predicted octanol–water partition coefficient (Wildman–Crippen LogP) is 3.06. The fourth-order valence-corrected chi connectivity index (χ4v) is 2.59. The molecular formula is C16H13BF3NO3. The number of halogens is 3. The maximum absolute atomic E-state index is 12.8. The van der Waals surface area contributed by atoms with E-state index in [9.17, 15) is 13.2 Å². The molecule has 1 aromatic heterocycles. The molecule has 0 radical (unpaired) electrons. The minimum Gasteiger partial charge on any atom is -0.510 e. The normalized spacial score (nSPS) is 11.7. The van der Waals surface area contributed by atoms with Gasteiger partial charge in [0.15, 0.2) is 0 Å². The van der Waals surface area contributed by atoms with Crippen LogP contribution in [0, 0.1) is 0 Å². The van der Waals surface area contributed by atoms with Crippen molar-refractivity contribution >= 4 is 18.2 Å². The van der Waals surface area contributed by atoms with Gasteiger partial charge in [-0.2, -0.15) is 13.2 Å². The summed E-state index contributed by atoms with van der Waals surface area (Å²) in [6.45, 7) is 0.190. The molecule has 3 aromatic rings. The van der Waals surface area contributed by atoms with E-state index in [1.54, 1.807) is 34.9 Å². The predicted molar refractivity (Wildman–Crippen MR) is 83.3 cm³/mol. The summed E-state index contributed by atoms with van der Waals surface area (Å²) in [7, 11) is -1.97. The number of alkyl halides is 3. The van der Waals surface area contributed by atoms with Gasteiger partial charge in [0.1, 0.15) is 5.75 Å². The fourth-order valence-electron chi connectivity index (χ4n) is 2.59. The summed E-state index contributed by atoms with van der Waals surface area (Å²) in [6.07, 6.45) is -2.87. The first-order valence-corrected chi connectivity index (χ1v) is 7.11. The van der Waals surface area contributed by atoms with Gasteiger partial charge >= 0.3 is 13.5 Å². The van der Waals surface area contributed by atoms with Crippen molar-refractivity contribution in [3.05, 3.63) is 65.9 Å². The Hall–Kier alpha value is -2.45. The van der Waals surface area contributed by atoms with E-state index >= 15 is 0 Å². The zero-order valence-corrected chi connectivity index (χ0v) is 12.4. The van der Waals surface area contributed by atoms with Crippen molar-refractivity contribution in [1.29, 1.82) is 0 Å². The van der Waals surface area contributed by atoms with Crippen LogP contribution in [0.15, 0.2) is 54.7 Å². The molecule has 2 aromatic carbocycles. The molecule has 0 fully saturated rings. The minimum absolute atomic E-state index is 0.190. The van der Waals surface area contributed by atoms with Crippen LogP contribution in [-0.2, 0) is 12.7 Å². The Morgan fingerprint density at radius 1 is 1.04 bits per heavy atom. The summed E-state index contributed by atoms with van der Waals surface area (Å²) in [4.78, 5) is 0. The molecule has 124 valence electrons. The van der Waals surface area contributed by atoms with Gasteiger partial charge in [0.2, 0.25) is 0 Å². The highest BCUT2D eigenvalue weighted by atomic mass is 19.4. The van der Waals surface area contributed by atoms with Crippen molar-refractivity contribution in [1.82, 2.24) is 4.57 Å². The number of fused-ring (bicyclic) bond motifs is 1. The average Bonchev–Trinajstić information content (AvgIpc) is 2.84. The highest BCUT2D eigenvalue weighted by molar-refractivity contribution is 6.34. The summed E-state index contributed by atoms with van der Waals surface area (Å²) < 4.78 is 45.1. The lowest BCUT2D eigenvalue weighted by atomic mass is 10.1. The van der Waals surface area contributed by atoms with Crippen LogP contribution in [0.2, 0.25) is 0 Å². The molecule has 0 amide bonds. The lowest BCUT2D eigenvalue weighted by molar-refractivity contribution is -0.137. The molecule has 0 aliphatic rings. The van der Waals surface area contributed by atoms with Crippen LogP contribution in [-0.4, -0.2) is 21.9 Å². The van der Waals surface area contributed by atoms with E-state index in [1.165, 1.54) is 12.3 Å². The smallest absolute Gasteiger partial charge is 0.510 e. The lowest BCUT2D eigenvalue weighted by Crippen LogP contribution is -2.20. The van der Waals surface area contributed by atoms with E-state index in [1.807, 2.05) is 0 Å². The van der Waals surface area contributed by atoms with Crippen molar-refractivity contribution in [2.75, 3.05) is 0 Å². The largest absolute Gasteiger partial charge is 0.707 e. The van der Waals surface area contributed by atoms with Gasteiger partial charge in [-0.3, -0.25) is 0 Å². The fraction of sp³-hybridized carbons (Fsp3) is 0.125. The standard InChI is InChI=1S/C16H13BF3NO3/c18-16(19,20)12-5-3-4-11(8-12)9-21-10-15(24-17(22)23)13-6-1-2-7-14(13)21/h1-8,10,22-23H,9H2. The molecule has 2 N–H and O–H groups in total. The second-order valence-corrected chi connectivity index (χ2v) is 5.28. The quantitative estimate of drug-likeness (QED) is 0.721. The van der Waals surface area contributed by atoms with Crippen molar-refractivity contribution in [2.45, 2.75) is 12.7 Å². The number of benzene rings is 2. The van der Waals surface area contributed by atoms with Crippen LogP contribution in [0.4, 0.5) is 13.2 Å². The molecule has 0 aliphatic heterocycles. The van der Waals surface area contributed by atoms with Crippen LogP contribution in [0.25, 0.3) is 10.9 Å². The maximum atomic E-state index is 12.8. The first-order chi connectivity index (χ1) is 11.3. The summed E-state index contributed by atoms with van der Waals surface area (Å²) in [5, 5.41) is 18.6. The molecule has 0 saturated carbocycles. The molecule has 0 unspecified atom stereocenters. The van der Waals surface area contributed by atoms with Gasteiger partial charge in [-0.25, -0.2) is 0 Å². The van der Waals surface area contributed by atoms with Crippen LogP contribution in [0.5, 0.6) is 5.75 Å². The molecule has 8 heteroatoms. The number of para-hydroxylation sites is 1. The highest BCUT2D eigenvalue weighted by Crippen LogP contribution is 2.31. The van der Waals surface area contributed by atoms with Gasteiger partial charge in [0.25, 0.3) is 0 Å². The van der Waals surface area contributed by atoms with Crippen LogP contribution in [0.1, 0.15) is 11.1 Å². The lowest BCUT2D eigenvalue weighted by Gasteiger charge is -2.10. The number of hydrogen-bond acceptors (Lipinski definition) is 3. The molecule has 0 spiro atoms. The Kier molecular flexibility index (Phi) is 4.25. The minimum atomic E-state index is -4.40. The maximum Gasteiger partial charge on any atom is 0.707 e. The highest BCUT2D eigenvalue weighted by Gasteiger charge is 2.30. The van der Waals surface area contributed by atoms with E-state index in [0.29, 0.717) is 16.5 Å². The first-order valence-electron chi connectivity index (χ1n) is 7.11. The van der Waals surface area contributed by atoms with Gasteiger partial charge in [0.05, 0.1) is 11.1 Å². The van der Waals surface area contributed by atoms with Crippen molar-refractivity contribution < 1.29 is 27.9 Å². The van der Waals surface area contributed by atoms with Gasteiger partial charge in [-0.1, -0.05) is 24.3 Å². The summed E-state index contributed by atoms with van der Waals surface area (Å²) in [5.74, 6) is 0.243. The van der Waals surface area contributed by atoms with Crippen LogP contribution >= 0.6 is 0 Å². The summed E-state index contributed by atoms with van der Waals surface area (Å²) >= 11 is 0. The Bertz CT molecular complexity index is 861. The van der Waals surface area contributed by atoms with E-state index in [-0.39, 0.29) is 12.3 Å². The van der Waals surface area contributed by atoms with Crippen molar-refractivity contribution in [3.8, 4) is 5.75 Å². The van der Waals surface area contributed by atoms with E-state index in [4.69, 9.17) is 14.7 Å². The molecule has 1 heterocycles. The molecule has 0 saturated heterocycles. The van der Waals surface area contributed by atoms with E-state index in [2.05, 4.69) is 0 Å². The van der Waals surface area contributed by atoms with Gasteiger partial charge < -0.3 is 19.3 Å². The summed E-state index contributed by atoms with van der Waals surface area (Å²) in [6, 6.07) is 12.1. The monoisotopic (exact) mass is 335 g/mol. The second-order valence-electron chi connectivity index (χ2n) is 5.28. The number of rotatable bonds is 4. The van der Waals surface area contributed by atoms with Gasteiger partial charge in [0, 0.05) is 18.1 Å². The molecule has 0 atom stereocenters. The van der Waals surface area contributed by atoms with E-state index in [0.717, 1.165) is 12.1 Å². The third-order valence-corrected chi connectivity index (χ3v) is 3.59. The Morgan fingerprint density at radius 2 is 1.79 bits per heavy atom. The number of hydrogen-bond donors (Lipinski definition) is 2. The number of nitrogens with zero attached hydrogens (tertiary/aromatic N) is 1. The first kappa shape index (κ1) is 16.4. The third-order valence-electron chi connectivity index (χ3n) is 3.59. The molecule has 0 aliphatic carbocycles. The topological polar surface area (TPSA) is 54.6 Å². The average molecular weight is 335 g/mol. The Labute approximate surface area is 135 Å². The van der Waals surface area contributed by atoms with Crippen molar-refractivity contribution in [2.24, 2.45) is 0 Å². The van der Waals surface area contributed by atoms with Crippen molar-refractivity contribution in [3.63, 3.8) is 0 Å². The number of aromatic nitrogens is 1. The molecular weight excluding hydrogens is 322 g/mol. The molecule has 4 nitrogen and oxygen atoms in total. The van der Waals surface area contributed by atoms with E-state index < -0.39 is 19.1 Å². The SMILES string of the molecule is OB(O)Oc1cn(Cc2cccc(C(F)(F)F)c2)c2ccccc12. The van der Waals surface area contributed by atoms with Gasteiger partial charge in [-0.05, 0) is 29.8 Å². The van der Waals surface area contributed by atoms with Gasteiger partial charge in [-0.15, -0.1) is 0 Å². The zero-order chi connectivity index (χ0) is 17.3. The molecule has 3 rings (SSSR count). The molecule has 0 bridgehead atoms. The zero-order valence-electron chi connectivity index (χ0n) is 12.4.